The van der Waals surface area contributed by atoms with Crippen LogP contribution < -0.4 is 0 Å². The number of hydrogen-bond acceptors (Lipinski definition) is 6. The highest BCUT2D eigenvalue weighted by atomic mass is 32.2. The average Bonchev–Trinajstić information content (AvgIpc) is 3.36. The number of amides is 1. The number of carbonyl (C=O) groups excluding carboxylic acids is 1. The van der Waals surface area contributed by atoms with E-state index >= 15 is 0 Å². The molecule has 2 aromatic carbocycles. The van der Waals surface area contributed by atoms with Crippen molar-refractivity contribution in [2.24, 2.45) is 0 Å². The van der Waals surface area contributed by atoms with Crippen molar-refractivity contribution in [2.45, 2.75) is 24.4 Å². The predicted octanol–water partition coefficient (Wildman–Crippen LogP) is 3.78. The van der Waals surface area contributed by atoms with Crippen LogP contribution in [0.5, 0.6) is 0 Å². The van der Waals surface area contributed by atoms with Crippen LogP contribution in [0.25, 0.3) is 5.69 Å². The van der Waals surface area contributed by atoms with Crippen molar-refractivity contribution in [3.05, 3.63) is 65.0 Å². The van der Waals surface area contributed by atoms with Gasteiger partial charge in [-0.25, -0.2) is 4.39 Å². The summed E-state index contributed by atoms with van der Waals surface area (Å²) in [5.41, 5.74) is 3.59. The Labute approximate surface area is 176 Å². The van der Waals surface area contributed by atoms with Crippen molar-refractivity contribution in [3.8, 4) is 5.69 Å². The Balaban J connectivity index is 1.50. The quantitative estimate of drug-likeness (QED) is 0.575. The number of thioether (sulfide) groups is 2. The normalized spacial score (nSPS) is 16.4. The summed E-state index contributed by atoms with van der Waals surface area (Å²) in [6, 6.07) is 12.6. The van der Waals surface area contributed by atoms with E-state index in [1.807, 2.05) is 32.0 Å². The van der Waals surface area contributed by atoms with E-state index in [1.54, 1.807) is 39.5 Å². The third kappa shape index (κ3) is 4.02. The number of aromatic nitrogens is 4. The van der Waals surface area contributed by atoms with Crippen LogP contribution in [0.15, 0.2) is 47.6 Å². The first-order chi connectivity index (χ1) is 14.1. The second kappa shape index (κ2) is 8.54. The molecule has 0 spiro atoms. The average molecular weight is 430 g/mol. The number of carbonyl (C=O) groups is 1. The molecule has 2 heterocycles. The summed E-state index contributed by atoms with van der Waals surface area (Å²) in [6.07, 6.45) is 0. The van der Waals surface area contributed by atoms with Crippen LogP contribution in [0.2, 0.25) is 0 Å². The Bertz CT molecular complexity index is 1020. The summed E-state index contributed by atoms with van der Waals surface area (Å²) in [7, 11) is 0. The van der Waals surface area contributed by atoms with Crippen molar-refractivity contribution in [2.75, 3.05) is 18.1 Å². The van der Waals surface area contributed by atoms with Crippen LogP contribution >= 0.6 is 23.5 Å². The largest absolute Gasteiger partial charge is 0.325 e. The van der Waals surface area contributed by atoms with E-state index in [0.717, 1.165) is 22.6 Å². The van der Waals surface area contributed by atoms with Crippen LogP contribution in [0.1, 0.15) is 22.1 Å². The van der Waals surface area contributed by atoms with Crippen molar-refractivity contribution >= 4 is 29.4 Å². The van der Waals surface area contributed by atoms with Gasteiger partial charge >= 0.3 is 0 Å². The molecular weight excluding hydrogens is 409 g/mol. The van der Waals surface area contributed by atoms with Gasteiger partial charge < -0.3 is 4.90 Å². The Morgan fingerprint density at radius 2 is 1.97 bits per heavy atom. The second-order valence-electron chi connectivity index (χ2n) is 6.73. The molecule has 1 saturated heterocycles. The highest BCUT2D eigenvalue weighted by molar-refractivity contribution is 8.00. The molecule has 0 unspecified atom stereocenters. The standard InChI is InChI=1S/C20H20FN5OS2/c1-13-6-5-7-14(2)18(13)26-20(22-23-24-26)29-12-17(27)25-10-11-28-19(25)15-8-3-4-9-16(15)21/h3-9,19H,10-12H2,1-2H3/t19-/m0/s1. The summed E-state index contributed by atoms with van der Waals surface area (Å²) < 4.78 is 15.9. The van der Waals surface area contributed by atoms with Gasteiger partial charge in [-0.2, -0.15) is 4.68 Å². The molecule has 0 saturated carbocycles. The van der Waals surface area contributed by atoms with Crippen LogP contribution in [0, 0.1) is 19.7 Å². The molecule has 4 rings (SSSR count). The summed E-state index contributed by atoms with van der Waals surface area (Å²) in [4.78, 5) is 14.6. The molecule has 1 aliphatic rings. The first-order valence-corrected chi connectivity index (χ1v) is 11.2. The zero-order chi connectivity index (χ0) is 20.4. The zero-order valence-corrected chi connectivity index (χ0v) is 17.7. The maximum atomic E-state index is 14.2. The predicted molar refractivity (Wildman–Crippen MR) is 113 cm³/mol. The Morgan fingerprint density at radius 3 is 2.72 bits per heavy atom. The van der Waals surface area contributed by atoms with Gasteiger partial charge in [0.25, 0.3) is 0 Å². The molecule has 0 bridgehead atoms. The highest BCUT2D eigenvalue weighted by Gasteiger charge is 2.32. The third-order valence-corrected chi connectivity index (χ3v) is 6.95. The first-order valence-electron chi connectivity index (χ1n) is 9.19. The van der Waals surface area contributed by atoms with Gasteiger partial charge in [0.15, 0.2) is 0 Å². The molecule has 1 aromatic heterocycles. The van der Waals surface area contributed by atoms with Gasteiger partial charge in [0, 0.05) is 17.9 Å². The van der Waals surface area contributed by atoms with Crippen molar-refractivity contribution in [1.82, 2.24) is 25.1 Å². The Morgan fingerprint density at radius 1 is 1.21 bits per heavy atom. The monoisotopic (exact) mass is 429 g/mol. The number of benzene rings is 2. The fraction of sp³-hybridized carbons (Fsp3) is 0.300. The first kappa shape index (κ1) is 19.9. The molecule has 1 amide bonds. The minimum Gasteiger partial charge on any atom is -0.325 e. The van der Waals surface area contributed by atoms with E-state index in [0.29, 0.717) is 17.3 Å². The minimum atomic E-state index is -0.293. The SMILES string of the molecule is Cc1cccc(C)c1-n1nnnc1SCC(=O)N1CCS[C@H]1c1ccccc1F. The third-order valence-electron chi connectivity index (χ3n) is 4.80. The van der Waals surface area contributed by atoms with Gasteiger partial charge in [0.05, 0.1) is 11.4 Å². The molecule has 1 aliphatic heterocycles. The molecule has 6 nitrogen and oxygen atoms in total. The molecule has 1 fully saturated rings. The molecule has 0 aliphatic carbocycles. The van der Waals surface area contributed by atoms with Crippen molar-refractivity contribution in [1.29, 1.82) is 0 Å². The van der Waals surface area contributed by atoms with Crippen LogP contribution in [-0.2, 0) is 4.79 Å². The number of tetrazole rings is 1. The fourth-order valence-electron chi connectivity index (χ4n) is 3.42. The highest BCUT2D eigenvalue weighted by Crippen LogP contribution is 2.39. The van der Waals surface area contributed by atoms with E-state index in [4.69, 9.17) is 0 Å². The van der Waals surface area contributed by atoms with Gasteiger partial charge in [-0.15, -0.1) is 16.9 Å². The Hall–Kier alpha value is -2.39. The number of aryl methyl sites for hydroxylation is 2. The lowest BCUT2D eigenvalue weighted by Gasteiger charge is -2.24. The fourth-order valence-corrected chi connectivity index (χ4v) is 5.48. The molecule has 0 radical (unpaired) electrons. The molecular formula is C20H20FN5OS2. The number of para-hydroxylation sites is 1. The molecule has 9 heteroatoms. The van der Waals surface area contributed by atoms with E-state index in [1.165, 1.54) is 17.8 Å². The summed E-state index contributed by atoms with van der Waals surface area (Å²) in [5.74, 6) is 0.646. The van der Waals surface area contributed by atoms with Crippen molar-refractivity contribution < 1.29 is 9.18 Å². The molecule has 0 N–H and O–H groups in total. The van der Waals surface area contributed by atoms with E-state index < -0.39 is 0 Å². The van der Waals surface area contributed by atoms with E-state index in [-0.39, 0.29) is 22.9 Å². The lowest BCUT2D eigenvalue weighted by atomic mass is 10.1. The molecule has 150 valence electrons. The van der Waals surface area contributed by atoms with Crippen LogP contribution in [0.3, 0.4) is 0 Å². The summed E-state index contributed by atoms with van der Waals surface area (Å²) in [6.45, 7) is 4.61. The van der Waals surface area contributed by atoms with Gasteiger partial charge in [-0.3, -0.25) is 4.79 Å². The number of nitrogens with zero attached hydrogens (tertiary/aromatic N) is 5. The smallest absolute Gasteiger partial charge is 0.234 e. The number of hydrogen-bond donors (Lipinski definition) is 0. The maximum absolute atomic E-state index is 14.2. The van der Waals surface area contributed by atoms with Gasteiger partial charge in [-0.05, 0) is 41.5 Å². The maximum Gasteiger partial charge on any atom is 0.234 e. The van der Waals surface area contributed by atoms with Crippen LogP contribution in [-0.4, -0.2) is 49.1 Å². The van der Waals surface area contributed by atoms with Crippen LogP contribution in [0.4, 0.5) is 4.39 Å². The van der Waals surface area contributed by atoms with Gasteiger partial charge in [0.1, 0.15) is 11.2 Å². The van der Waals surface area contributed by atoms with Gasteiger partial charge in [-0.1, -0.05) is 48.2 Å². The molecule has 1 atom stereocenters. The van der Waals surface area contributed by atoms with Gasteiger partial charge in [0.2, 0.25) is 11.1 Å². The molecule has 3 aromatic rings. The topological polar surface area (TPSA) is 63.9 Å². The van der Waals surface area contributed by atoms with Crippen molar-refractivity contribution in [3.63, 3.8) is 0 Å². The number of rotatable bonds is 5. The lowest BCUT2D eigenvalue weighted by Crippen LogP contribution is -2.32. The second-order valence-corrected chi connectivity index (χ2v) is 8.86. The Kier molecular flexibility index (Phi) is 5.86. The number of halogens is 1. The van der Waals surface area contributed by atoms with E-state index in [9.17, 15) is 9.18 Å². The summed E-state index contributed by atoms with van der Waals surface area (Å²) in [5, 5.41) is 12.3. The van der Waals surface area contributed by atoms with E-state index in [2.05, 4.69) is 15.5 Å². The molecule has 29 heavy (non-hydrogen) atoms. The minimum absolute atomic E-state index is 0.0516. The lowest BCUT2D eigenvalue weighted by molar-refractivity contribution is -0.128. The zero-order valence-electron chi connectivity index (χ0n) is 16.1. The summed E-state index contributed by atoms with van der Waals surface area (Å²) >= 11 is 2.88.